The Kier molecular flexibility index (Phi) is 1.51. The third kappa shape index (κ3) is 1.16. The maximum absolute atomic E-state index is 5.74. The highest BCUT2D eigenvalue weighted by Gasteiger charge is 2.07. The number of benzene rings is 1. The quantitative estimate of drug-likeness (QED) is 0.565. The first kappa shape index (κ1) is 8.29. The van der Waals surface area contributed by atoms with Gasteiger partial charge in [0.2, 0.25) is 5.71 Å². The van der Waals surface area contributed by atoms with Crippen molar-refractivity contribution in [3.8, 4) is 0 Å². The Morgan fingerprint density at radius 2 is 2.00 bits per heavy atom. The molecule has 3 heteroatoms. The molecule has 74 valence electrons. The predicted octanol–water partition coefficient (Wildman–Crippen LogP) is 2.87. The molecule has 0 fully saturated rings. The summed E-state index contributed by atoms with van der Waals surface area (Å²) in [6.07, 6.45) is 0. The maximum Gasteiger partial charge on any atom is 0.227 e. The molecule has 0 aliphatic carbocycles. The number of hydrogen-bond acceptors (Lipinski definition) is 3. The molecule has 2 heterocycles. The molecule has 3 rings (SSSR count). The highest BCUT2D eigenvalue weighted by atomic mass is 16.3. The number of hydrogen-bond donors (Lipinski definition) is 1. The van der Waals surface area contributed by atoms with E-state index < -0.39 is 0 Å². The zero-order valence-corrected chi connectivity index (χ0v) is 8.32. The van der Waals surface area contributed by atoms with Gasteiger partial charge >= 0.3 is 0 Å². The summed E-state index contributed by atoms with van der Waals surface area (Å²) < 4.78 is 5.62. The van der Waals surface area contributed by atoms with E-state index >= 15 is 0 Å². The fourth-order valence-corrected chi connectivity index (χ4v) is 1.77. The number of pyridine rings is 1. The average molecular weight is 198 g/mol. The van der Waals surface area contributed by atoms with Crippen LogP contribution in [0.4, 0.5) is 5.69 Å². The molecule has 1 aromatic carbocycles. The Labute approximate surface area is 86.5 Å². The molecule has 0 spiro atoms. The van der Waals surface area contributed by atoms with E-state index in [2.05, 4.69) is 4.98 Å². The van der Waals surface area contributed by atoms with Crippen LogP contribution in [0, 0.1) is 6.92 Å². The molecule has 0 saturated carbocycles. The van der Waals surface area contributed by atoms with Gasteiger partial charge in [-0.2, -0.15) is 0 Å². The molecule has 3 nitrogen and oxygen atoms in total. The minimum Gasteiger partial charge on any atom is -0.438 e. The van der Waals surface area contributed by atoms with Crippen molar-refractivity contribution < 1.29 is 4.42 Å². The van der Waals surface area contributed by atoms with E-state index in [4.69, 9.17) is 10.2 Å². The van der Waals surface area contributed by atoms with Crippen molar-refractivity contribution in [2.24, 2.45) is 0 Å². The number of rotatable bonds is 0. The Bertz CT molecular complexity index is 655. The smallest absolute Gasteiger partial charge is 0.227 e. The van der Waals surface area contributed by atoms with Gasteiger partial charge in [-0.3, -0.25) is 0 Å². The molecule has 0 amide bonds. The topological polar surface area (TPSA) is 52.0 Å². The number of nitrogen functional groups attached to an aromatic ring is 1. The van der Waals surface area contributed by atoms with Gasteiger partial charge in [0.1, 0.15) is 5.58 Å². The maximum atomic E-state index is 5.74. The van der Waals surface area contributed by atoms with Crippen molar-refractivity contribution in [2.75, 3.05) is 5.73 Å². The van der Waals surface area contributed by atoms with Crippen LogP contribution in [0.15, 0.2) is 34.7 Å². The molecule has 0 atom stereocenters. The van der Waals surface area contributed by atoms with Crippen molar-refractivity contribution in [2.45, 2.75) is 6.92 Å². The Morgan fingerprint density at radius 1 is 1.13 bits per heavy atom. The summed E-state index contributed by atoms with van der Waals surface area (Å²) in [5, 5.41) is 2.04. The summed E-state index contributed by atoms with van der Waals surface area (Å²) in [7, 11) is 0. The summed E-state index contributed by atoms with van der Waals surface area (Å²) >= 11 is 0. The van der Waals surface area contributed by atoms with Crippen molar-refractivity contribution in [3.63, 3.8) is 0 Å². The fourth-order valence-electron chi connectivity index (χ4n) is 1.77. The van der Waals surface area contributed by atoms with Gasteiger partial charge in [0, 0.05) is 22.2 Å². The Morgan fingerprint density at radius 3 is 2.87 bits per heavy atom. The highest BCUT2D eigenvalue weighted by molar-refractivity contribution is 6.04. The summed E-state index contributed by atoms with van der Waals surface area (Å²) in [5.74, 6) is 0. The number of anilines is 1. The van der Waals surface area contributed by atoms with E-state index in [0.717, 1.165) is 27.7 Å². The lowest BCUT2D eigenvalue weighted by Gasteiger charge is -1.92. The number of fused-ring (bicyclic) bond motifs is 3. The van der Waals surface area contributed by atoms with Gasteiger partial charge in [-0.05, 0) is 37.3 Å². The van der Waals surface area contributed by atoms with E-state index in [9.17, 15) is 0 Å². The van der Waals surface area contributed by atoms with Gasteiger partial charge in [0.25, 0.3) is 0 Å². The minimum absolute atomic E-state index is 0.676. The van der Waals surface area contributed by atoms with Crippen LogP contribution in [0.2, 0.25) is 0 Å². The largest absolute Gasteiger partial charge is 0.438 e. The minimum atomic E-state index is 0.676. The molecule has 15 heavy (non-hydrogen) atoms. The van der Waals surface area contributed by atoms with Gasteiger partial charge < -0.3 is 10.2 Å². The van der Waals surface area contributed by atoms with Crippen LogP contribution in [-0.2, 0) is 0 Å². The lowest BCUT2D eigenvalue weighted by Crippen LogP contribution is -1.82. The molecule has 3 aromatic rings. The zero-order chi connectivity index (χ0) is 10.4. The molecular formula is C12H10N2O. The van der Waals surface area contributed by atoms with Crippen LogP contribution in [0.1, 0.15) is 5.69 Å². The predicted molar refractivity (Wildman–Crippen MR) is 60.7 cm³/mol. The third-order valence-electron chi connectivity index (χ3n) is 2.50. The normalized spacial score (nSPS) is 11.3. The summed E-state index contributed by atoms with van der Waals surface area (Å²) in [4.78, 5) is 4.34. The Hall–Kier alpha value is -2.03. The van der Waals surface area contributed by atoms with E-state index in [-0.39, 0.29) is 0 Å². The van der Waals surface area contributed by atoms with Gasteiger partial charge in [-0.1, -0.05) is 0 Å². The monoisotopic (exact) mass is 198 g/mol. The lowest BCUT2D eigenvalue weighted by molar-refractivity contribution is 0.652. The number of aryl methyl sites for hydroxylation is 1. The Balaban J connectivity index is 2.53. The van der Waals surface area contributed by atoms with E-state index in [1.165, 1.54) is 0 Å². The summed E-state index contributed by atoms with van der Waals surface area (Å²) in [5.41, 5.74) is 8.94. The van der Waals surface area contributed by atoms with Gasteiger partial charge in [0.05, 0.1) is 0 Å². The summed E-state index contributed by atoms with van der Waals surface area (Å²) in [6.45, 7) is 1.95. The average Bonchev–Trinajstić information content (AvgIpc) is 2.54. The standard InChI is InChI=1S/C12H10N2O/c1-7-2-4-9-10-6-8(13)3-5-11(10)15-12(9)14-7/h2-6H,13H2,1H3. The van der Waals surface area contributed by atoms with Crippen LogP contribution in [0.5, 0.6) is 0 Å². The van der Waals surface area contributed by atoms with Crippen LogP contribution in [-0.4, -0.2) is 4.98 Å². The number of furan rings is 1. The zero-order valence-electron chi connectivity index (χ0n) is 8.32. The molecule has 0 bridgehead atoms. The highest BCUT2D eigenvalue weighted by Crippen LogP contribution is 2.28. The molecule has 0 saturated heterocycles. The second kappa shape index (κ2) is 2.73. The van der Waals surface area contributed by atoms with Crippen LogP contribution >= 0.6 is 0 Å². The lowest BCUT2D eigenvalue weighted by atomic mass is 10.2. The number of aromatic nitrogens is 1. The van der Waals surface area contributed by atoms with Crippen molar-refractivity contribution >= 4 is 27.8 Å². The first-order valence-corrected chi connectivity index (χ1v) is 4.79. The number of nitrogens with two attached hydrogens (primary N) is 1. The molecule has 0 aliphatic heterocycles. The molecule has 2 N–H and O–H groups in total. The SMILES string of the molecule is Cc1ccc2c(n1)oc1ccc(N)cc12. The number of nitrogens with zero attached hydrogens (tertiary/aromatic N) is 1. The molecule has 0 radical (unpaired) electrons. The van der Waals surface area contributed by atoms with Crippen molar-refractivity contribution in [1.82, 2.24) is 4.98 Å². The van der Waals surface area contributed by atoms with Gasteiger partial charge in [0.15, 0.2) is 0 Å². The second-order valence-electron chi connectivity index (χ2n) is 3.66. The molecule has 0 unspecified atom stereocenters. The van der Waals surface area contributed by atoms with E-state index in [0.29, 0.717) is 5.71 Å². The van der Waals surface area contributed by atoms with Crippen LogP contribution in [0.25, 0.3) is 22.1 Å². The first-order valence-electron chi connectivity index (χ1n) is 4.79. The van der Waals surface area contributed by atoms with Gasteiger partial charge in [-0.25, -0.2) is 4.98 Å². The second-order valence-corrected chi connectivity index (χ2v) is 3.66. The first-order chi connectivity index (χ1) is 7.24. The fraction of sp³-hybridized carbons (Fsp3) is 0.0833. The van der Waals surface area contributed by atoms with E-state index in [1.807, 2.05) is 37.3 Å². The molecule has 2 aromatic heterocycles. The van der Waals surface area contributed by atoms with Crippen LogP contribution in [0.3, 0.4) is 0 Å². The van der Waals surface area contributed by atoms with Crippen LogP contribution < -0.4 is 5.73 Å². The molecule has 0 aliphatic rings. The van der Waals surface area contributed by atoms with Crippen molar-refractivity contribution in [1.29, 1.82) is 0 Å². The van der Waals surface area contributed by atoms with Gasteiger partial charge in [-0.15, -0.1) is 0 Å². The van der Waals surface area contributed by atoms with E-state index in [1.54, 1.807) is 0 Å². The molecular weight excluding hydrogens is 188 g/mol. The third-order valence-corrected chi connectivity index (χ3v) is 2.50. The summed E-state index contributed by atoms with van der Waals surface area (Å²) in [6, 6.07) is 9.61. The van der Waals surface area contributed by atoms with Crippen molar-refractivity contribution in [3.05, 3.63) is 36.0 Å².